The van der Waals surface area contributed by atoms with Gasteiger partial charge in [0, 0.05) is 5.56 Å². The van der Waals surface area contributed by atoms with Crippen molar-refractivity contribution in [3.05, 3.63) is 82.9 Å². The topological polar surface area (TPSA) is 87.8 Å². The van der Waals surface area contributed by atoms with Crippen LogP contribution in [0.2, 0.25) is 0 Å². The summed E-state index contributed by atoms with van der Waals surface area (Å²) in [6.45, 7) is 0. The molecule has 3 rings (SSSR count). The van der Waals surface area contributed by atoms with E-state index < -0.39 is 12.1 Å². The van der Waals surface area contributed by atoms with Crippen molar-refractivity contribution in [2.45, 2.75) is 11.9 Å². The highest BCUT2D eigenvalue weighted by molar-refractivity contribution is 7.94. The number of hydrogen-bond acceptors (Lipinski definition) is 7. The van der Waals surface area contributed by atoms with Crippen LogP contribution in [0.4, 0.5) is 0 Å². The van der Waals surface area contributed by atoms with E-state index in [0.717, 1.165) is 17.6 Å². The average Bonchev–Trinajstić information content (AvgIpc) is 2.96. The summed E-state index contributed by atoms with van der Waals surface area (Å²) in [5.41, 5.74) is 7.70. The van der Waals surface area contributed by atoms with E-state index in [0.29, 0.717) is 16.9 Å². The van der Waals surface area contributed by atoms with E-state index in [2.05, 4.69) is 0 Å². The molecule has 1 unspecified atom stereocenters. The molecule has 0 spiro atoms. The number of rotatable bonds is 6. The minimum Gasteiger partial charge on any atom is -0.465 e. The molecule has 0 bridgehead atoms. The van der Waals surface area contributed by atoms with Crippen molar-refractivity contribution in [2.24, 2.45) is 5.73 Å². The van der Waals surface area contributed by atoms with Gasteiger partial charge in [-0.15, -0.1) is 0 Å². The minimum atomic E-state index is -0.938. The zero-order valence-electron chi connectivity index (χ0n) is 14.0. The Labute approximate surface area is 155 Å². The van der Waals surface area contributed by atoms with Crippen LogP contribution < -0.4 is 5.73 Å². The Morgan fingerprint density at radius 3 is 2.69 bits per heavy atom. The Morgan fingerprint density at radius 2 is 1.96 bits per heavy atom. The molecule has 1 aliphatic rings. The van der Waals surface area contributed by atoms with Gasteiger partial charge in [-0.05, 0) is 17.7 Å². The number of ketones is 1. The SMILES string of the molecule is COC(=O)c1cccc(C2OC(N)=C(OSCc3ccccc3)C2=O)c1. The van der Waals surface area contributed by atoms with Gasteiger partial charge in [-0.25, -0.2) is 4.79 Å². The summed E-state index contributed by atoms with van der Waals surface area (Å²) in [7, 11) is 1.29. The van der Waals surface area contributed by atoms with Gasteiger partial charge in [-0.1, -0.05) is 42.5 Å². The summed E-state index contributed by atoms with van der Waals surface area (Å²) >= 11 is 1.11. The lowest BCUT2D eigenvalue weighted by molar-refractivity contribution is -0.122. The third-order valence-electron chi connectivity index (χ3n) is 3.75. The number of ether oxygens (including phenoxy) is 2. The Balaban J connectivity index is 1.67. The highest BCUT2D eigenvalue weighted by Crippen LogP contribution is 2.34. The maximum atomic E-state index is 12.6. The van der Waals surface area contributed by atoms with Crippen LogP contribution in [0.15, 0.2) is 66.2 Å². The van der Waals surface area contributed by atoms with E-state index in [1.807, 2.05) is 30.3 Å². The fraction of sp³-hybridized carbons (Fsp3) is 0.158. The normalized spacial score (nSPS) is 16.3. The van der Waals surface area contributed by atoms with E-state index >= 15 is 0 Å². The van der Waals surface area contributed by atoms with Crippen molar-refractivity contribution in [3.63, 3.8) is 0 Å². The van der Waals surface area contributed by atoms with Crippen LogP contribution in [0, 0.1) is 0 Å². The smallest absolute Gasteiger partial charge is 0.337 e. The van der Waals surface area contributed by atoms with Gasteiger partial charge >= 0.3 is 5.97 Å². The molecular weight excluding hydrogens is 354 g/mol. The summed E-state index contributed by atoms with van der Waals surface area (Å²) in [5.74, 6) is -0.394. The minimum absolute atomic E-state index is 0.0144. The van der Waals surface area contributed by atoms with Crippen LogP contribution in [0.25, 0.3) is 0 Å². The average molecular weight is 371 g/mol. The highest BCUT2D eigenvalue weighted by Gasteiger charge is 2.37. The largest absolute Gasteiger partial charge is 0.465 e. The second kappa shape index (κ2) is 7.97. The molecule has 2 aromatic rings. The summed E-state index contributed by atoms with van der Waals surface area (Å²) in [5, 5.41) is 0. The van der Waals surface area contributed by atoms with Gasteiger partial charge in [0.2, 0.25) is 17.4 Å². The van der Waals surface area contributed by atoms with Crippen molar-refractivity contribution >= 4 is 23.8 Å². The Kier molecular flexibility index (Phi) is 5.48. The second-order valence-corrected chi connectivity index (χ2v) is 6.19. The molecule has 134 valence electrons. The molecule has 6 nitrogen and oxygen atoms in total. The van der Waals surface area contributed by atoms with Crippen LogP contribution in [0.5, 0.6) is 0 Å². The fourth-order valence-electron chi connectivity index (χ4n) is 2.45. The first-order valence-corrected chi connectivity index (χ1v) is 8.73. The van der Waals surface area contributed by atoms with Gasteiger partial charge in [0.05, 0.1) is 30.5 Å². The van der Waals surface area contributed by atoms with Crippen molar-refractivity contribution in [1.82, 2.24) is 0 Å². The molecule has 1 aliphatic heterocycles. The maximum Gasteiger partial charge on any atom is 0.337 e. The number of carbonyl (C=O) groups is 2. The third-order valence-corrected chi connectivity index (χ3v) is 4.49. The Morgan fingerprint density at radius 1 is 1.19 bits per heavy atom. The van der Waals surface area contributed by atoms with Crippen molar-refractivity contribution in [1.29, 1.82) is 0 Å². The molecule has 0 aliphatic carbocycles. The van der Waals surface area contributed by atoms with Crippen LogP contribution >= 0.6 is 12.0 Å². The van der Waals surface area contributed by atoms with E-state index in [1.54, 1.807) is 24.3 Å². The van der Waals surface area contributed by atoms with Gasteiger partial charge in [0.25, 0.3) is 0 Å². The first-order chi connectivity index (χ1) is 12.6. The maximum absolute atomic E-state index is 12.6. The molecule has 26 heavy (non-hydrogen) atoms. The number of esters is 1. The molecule has 1 atom stereocenters. The van der Waals surface area contributed by atoms with Crippen molar-refractivity contribution < 1.29 is 23.2 Å². The molecule has 7 heteroatoms. The number of benzene rings is 2. The first-order valence-electron chi connectivity index (χ1n) is 7.82. The van der Waals surface area contributed by atoms with Crippen molar-refractivity contribution in [2.75, 3.05) is 7.11 Å². The second-order valence-electron chi connectivity index (χ2n) is 5.50. The molecule has 2 N–H and O–H groups in total. The zero-order valence-corrected chi connectivity index (χ0v) is 14.8. The Bertz CT molecular complexity index is 850. The number of methoxy groups -OCH3 is 1. The number of Topliss-reactive ketones (excluding diaryl/α,β-unsaturated/α-hetero) is 1. The molecule has 2 aromatic carbocycles. The van der Waals surface area contributed by atoms with Gasteiger partial charge < -0.3 is 19.4 Å². The van der Waals surface area contributed by atoms with Gasteiger partial charge in [-0.3, -0.25) is 4.79 Å². The van der Waals surface area contributed by atoms with Crippen LogP contribution in [-0.2, 0) is 24.2 Å². The molecule has 0 radical (unpaired) electrons. The first kappa shape index (κ1) is 17.9. The molecular formula is C19H17NO5S. The predicted octanol–water partition coefficient (Wildman–Crippen LogP) is 3.11. The highest BCUT2D eigenvalue weighted by atomic mass is 32.2. The lowest BCUT2D eigenvalue weighted by atomic mass is 10.0. The summed E-state index contributed by atoms with van der Waals surface area (Å²) in [6, 6.07) is 16.2. The van der Waals surface area contributed by atoms with Crippen LogP contribution in [0.3, 0.4) is 0 Å². The zero-order chi connectivity index (χ0) is 18.5. The summed E-state index contributed by atoms with van der Waals surface area (Å²) in [4.78, 5) is 24.2. The Hall–Kier alpha value is -2.93. The van der Waals surface area contributed by atoms with E-state index in [1.165, 1.54) is 7.11 Å². The van der Waals surface area contributed by atoms with Gasteiger partial charge in [-0.2, -0.15) is 0 Å². The number of hydrogen-bond donors (Lipinski definition) is 1. The quantitative estimate of drug-likeness (QED) is 0.616. The van der Waals surface area contributed by atoms with E-state index in [-0.39, 0.29) is 17.4 Å². The monoisotopic (exact) mass is 371 g/mol. The van der Waals surface area contributed by atoms with Crippen molar-refractivity contribution in [3.8, 4) is 0 Å². The molecule has 0 saturated heterocycles. The van der Waals surface area contributed by atoms with Crippen LogP contribution in [-0.4, -0.2) is 18.9 Å². The van der Waals surface area contributed by atoms with Gasteiger partial charge in [0.15, 0.2) is 6.10 Å². The lowest BCUT2D eigenvalue weighted by Gasteiger charge is -2.11. The number of carbonyl (C=O) groups excluding carboxylic acids is 2. The van der Waals surface area contributed by atoms with E-state index in [9.17, 15) is 9.59 Å². The predicted molar refractivity (Wildman–Crippen MR) is 96.6 cm³/mol. The lowest BCUT2D eigenvalue weighted by Crippen LogP contribution is -2.11. The van der Waals surface area contributed by atoms with Gasteiger partial charge in [0.1, 0.15) is 0 Å². The molecule has 0 fully saturated rings. The standard InChI is InChI=1S/C19H17NO5S/c1-23-19(22)14-9-5-8-13(10-14)16-15(21)17(18(20)24-16)25-26-11-12-6-3-2-4-7-12/h2-10,16H,11,20H2,1H3. The summed E-state index contributed by atoms with van der Waals surface area (Å²) < 4.78 is 15.6. The number of nitrogens with two attached hydrogens (primary N) is 1. The fourth-order valence-corrected chi connectivity index (χ4v) is 3.12. The molecule has 0 saturated carbocycles. The summed E-state index contributed by atoms with van der Waals surface area (Å²) in [6.07, 6.45) is -0.938. The van der Waals surface area contributed by atoms with E-state index in [4.69, 9.17) is 19.4 Å². The molecule has 0 amide bonds. The third kappa shape index (κ3) is 3.83. The van der Waals surface area contributed by atoms with Crippen LogP contribution in [0.1, 0.15) is 27.6 Å². The molecule has 0 aromatic heterocycles. The molecule has 1 heterocycles.